The minimum absolute atomic E-state index is 0.0861. The standard InChI is InChI=1S/C33H25FN2O5S/c1-2-40-25-10-6-9-22(17-25)30(37)28-29(21-11-14-24(15-12-21)41-19-20-7-4-3-5-8-20)36(32(39)31(28)38)33-35-26-16-13-23(34)18-27(26)42-33/h3-18,29,37H,2,19H2,1H3/b30-28+. The molecular weight excluding hydrogens is 555 g/mol. The quantitative estimate of drug-likeness (QED) is 0.120. The maximum Gasteiger partial charge on any atom is 0.301 e. The predicted octanol–water partition coefficient (Wildman–Crippen LogP) is 7.04. The van der Waals surface area contributed by atoms with Crippen molar-refractivity contribution in [1.29, 1.82) is 0 Å². The molecule has 0 saturated carbocycles. The van der Waals surface area contributed by atoms with Crippen LogP contribution in [0.25, 0.3) is 16.0 Å². The molecule has 1 N–H and O–H groups in total. The van der Waals surface area contributed by atoms with E-state index < -0.39 is 23.5 Å². The smallest absolute Gasteiger partial charge is 0.301 e. The number of carbonyl (C=O) groups excluding carboxylic acids is 2. The molecule has 1 unspecified atom stereocenters. The first-order valence-electron chi connectivity index (χ1n) is 13.3. The van der Waals surface area contributed by atoms with Gasteiger partial charge in [0.15, 0.2) is 5.13 Å². The summed E-state index contributed by atoms with van der Waals surface area (Å²) in [5.74, 6) is -1.35. The monoisotopic (exact) mass is 580 g/mol. The first kappa shape index (κ1) is 27.2. The van der Waals surface area contributed by atoms with Crippen LogP contribution in [0.15, 0.2) is 103 Å². The number of amides is 1. The van der Waals surface area contributed by atoms with Gasteiger partial charge in [0.25, 0.3) is 5.78 Å². The number of aliphatic hydroxyl groups is 1. The van der Waals surface area contributed by atoms with E-state index in [-0.39, 0.29) is 16.5 Å². The van der Waals surface area contributed by atoms with Crippen LogP contribution in [0.1, 0.15) is 29.7 Å². The first-order chi connectivity index (χ1) is 20.4. The number of rotatable bonds is 8. The van der Waals surface area contributed by atoms with Crippen molar-refractivity contribution in [3.8, 4) is 11.5 Å². The highest BCUT2D eigenvalue weighted by molar-refractivity contribution is 7.22. The number of halogens is 1. The lowest BCUT2D eigenvalue weighted by atomic mass is 9.95. The van der Waals surface area contributed by atoms with Crippen LogP contribution >= 0.6 is 11.3 Å². The molecule has 0 aliphatic carbocycles. The largest absolute Gasteiger partial charge is 0.507 e. The van der Waals surface area contributed by atoms with Crippen molar-refractivity contribution in [2.45, 2.75) is 19.6 Å². The van der Waals surface area contributed by atoms with Crippen LogP contribution in [0.3, 0.4) is 0 Å². The van der Waals surface area contributed by atoms with Gasteiger partial charge in [-0.2, -0.15) is 0 Å². The summed E-state index contributed by atoms with van der Waals surface area (Å²) in [4.78, 5) is 32.9. The molecule has 1 aromatic heterocycles. The van der Waals surface area contributed by atoms with E-state index in [1.807, 2.05) is 37.3 Å². The van der Waals surface area contributed by atoms with Crippen molar-refractivity contribution < 1.29 is 28.6 Å². The summed E-state index contributed by atoms with van der Waals surface area (Å²) >= 11 is 1.09. The number of thiazole rings is 1. The molecule has 4 aromatic carbocycles. The van der Waals surface area contributed by atoms with Gasteiger partial charge in [-0.05, 0) is 60.5 Å². The fourth-order valence-corrected chi connectivity index (χ4v) is 5.89. The highest BCUT2D eigenvalue weighted by Gasteiger charge is 2.48. The summed E-state index contributed by atoms with van der Waals surface area (Å²) in [5, 5.41) is 11.7. The van der Waals surface area contributed by atoms with E-state index in [4.69, 9.17) is 9.47 Å². The highest BCUT2D eigenvalue weighted by atomic mass is 32.1. The van der Waals surface area contributed by atoms with Crippen molar-refractivity contribution >= 4 is 44.1 Å². The fourth-order valence-electron chi connectivity index (χ4n) is 4.88. The van der Waals surface area contributed by atoms with Gasteiger partial charge in [0.2, 0.25) is 0 Å². The van der Waals surface area contributed by atoms with Crippen LogP contribution in [-0.2, 0) is 16.2 Å². The zero-order valence-electron chi connectivity index (χ0n) is 22.5. The number of nitrogens with zero attached hydrogens (tertiary/aromatic N) is 2. The van der Waals surface area contributed by atoms with E-state index in [0.29, 0.717) is 46.1 Å². The maximum absolute atomic E-state index is 13.9. The van der Waals surface area contributed by atoms with Gasteiger partial charge >= 0.3 is 5.91 Å². The average Bonchev–Trinajstić information content (AvgIpc) is 3.54. The normalized spacial score (nSPS) is 16.2. The molecule has 7 nitrogen and oxygen atoms in total. The lowest BCUT2D eigenvalue weighted by Crippen LogP contribution is -2.29. The summed E-state index contributed by atoms with van der Waals surface area (Å²) in [6.07, 6.45) is 0. The van der Waals surface area contributed by atoms with Gasteiger partial charge in [0.1, 0.15) is 29.7 Å². The van der Waals surface area contributed by atoms with E-state index >= 15 is 0 Å². The SMILES string of the molecule is CCOc1cccc(/C(O)=C2\C(=O)C(=O)N(c3nc4ccc(F)cc4s3)C2c2ccc(OCc3ccccc3)cc2)c1. The fraction of sp³-hybridized carbons (Fsp3) is 0.121. The third-order valence-electron chi connectivity index (χ3n) is 6.85. The summed E-state index contributed by atoms with van der Waals surface area (Å²) in [5.41, 5.74) is 2.31. The number of aliphatic hydroxyl groups excluding tert-OH is 1. The Kier molecular flexibility index (Phi) is 7.41. The molecule has 0 spiro atoms. The van der Waals surface area contributed by atoms with E-state index in [1.54, 1.807) is 48.5 Å². The Hall–Kier alpha value is -5.02. The minimum atomic E-state index is -0.991. The van der Waals surface area contributed by atoms with Gasteiger partial charge in [-0.3, -0.25) is 14.5 Å². The molecule has 1 atom stereocenters. The molecular formula is C33H25FN2O5S. The molecule has 5 aromatic rings. The number of aromatic nitrogens is 1. The summed E-state index contributed by atoms with van der Waals surface area (Å²) in [7, 11) is 0. The summed E-state index contributed by atoms with van der Waals surface area (Å²) in [6.45, 7) is 2.64. The number of benzene rings is 4. The molecule has 9 heteroatoms. The molecule has 1 aliphatic heterocycles. The van der Waals surface area contributed by atoms with E-state index in [2.05, 4.69) is 4.98 Å². The topological polar surface area (TPSA) is 89.0 Å². The van der Waals surface area contributed by atoms with Crippen molar-refractivity contribution in [3.63, 3.8) is 0 Å². The van der Waals surface area contributed by atoms with Gasteiger partial charge in [-0.15, -0.1) is 0 Å². The van der Waals surface area contributed by atoms with E-state index in [0.717, 1.165) is 16.9 Å². The molecule has 1 amide bonds. The third kappa shape index (κ3) is 5.22. The number of anilines is 1. The maximum atomic E-state index is 13.9. The van der Waals surface area contributed by atoms with Crippen LogP contribution in [0.2, 0.25) is 0 Å². The van der Waals surface area contributed by atoms with E-state index in [1.165, 1.54) is 23.1 Å². The molecule has 0 radical (unpaired) electrons. The lowest BCUT2D eigenvalue weighted by molar-refractivity contribution is -0.132. The van der Waals surface area contributed by atoms with Crippen LogP contribution in [-0.4, -0.2) is 28.4 Å². The Balaban J connectivity index is 1.43. The van der Waals surface area contributed by atoms with E-state index in [9.17, 15) is 19.1 Å². The van der Waals surface area contributed by atoms with Gasteiger partial charge in [-0.25, -0.2) is 9.37 Å². The number of ketones is 1. The Morgan fingerprint density at radius 3 is 2.48 bits per heavy atom. The summed E-state index contributed by atoms with van der Waals surface area (Å²) < 4.78 is 26.0. The van der Waals surface area contributed by atoms with Crippen LogP contribution in [0, 0.1) is 5.82 Å². The Morgan fingerprint density at radius 2 is 1.71 bits per heavy atom. The number of ether oxygens (including phenoxy) is 2. The van der Waals surface area contributed by atoms with Crippen molar-refractivity contribution in [2.75, 3.05) is 11.5 Å². The number of Topliss-reactive ketones (excluding diaryl/α,β-unsaturated/α-hetero) is 1. The zero-order chi connectivity index (χ0) is 29.2. The van der Waals surface area contributed by atoms with Gasteiger partial charge in [0, 0.05) is 5.56 Å². The molecule has 1 aliphatic rings. The second-order valence-corrected chi connectivity index (χ2v) is 10.6. The number of fused-ring (bicyclic) bond motifs is 1. The lowest BCUT2D eigenvalue weighted by Gasteiger charge is -2.23. The molecule has 2 heterocycles. The second-order valence-electron chi connectivity index (χ2n) is 9.58. The molecule has 1 saturated heterocycles. The number of hydrogen-bond acceptors (Lipinski definition) is 7. The zero-order valence-corrected chi connectivity index (χ0v) is 23.3. The van der Waals surface area contributed by atoms with Gasteiger partial charge in [-0.1, -0.05) is 65.9 Å². The Morgan fingerprint density at radius 1 is 0.929 bits per heavy atom. The van der Waals surface area contributed by atoms with Crippen LogP contribution < -0.4 is 14.4 Å². The highest BCUT2D eigenvalue weighted by Crippen LogP contribution is 2.44. The predicted molar refractivity (Wildman–Crippen MR) is 159 cm³/mol. The molecule has 210 valence electrons. The first-order valence-corrected chi connectivity index (χ1v) is 14.1. The molecule has 1 fully saturated rings. The third-order valence-corrected chi connectivity index (χ3v) is 7.87. The summed E-state index contributed by atoms with van der Waals surface area (Å²) in [6, 6.07) is 26.6. The Bertz CT molecular complexity index is 1820. The number of hydrogen-bond donors (Lipinski definition) is 1. The van der Waals surface area contributed by atoms with Crippen LogP contribution in [0.4, 0.5) is 9.52 Å². The van der Waals surface area contributed by atoms with Crippen molar-refractivity contribution in [1.82, 2.24) is 4.98 Å². The second kappa shape index (κ2) is 11.5. The van der Waals surface area contributed by atoms with Crippen LogP contribution in [0.5, 0.6) is 11.5 Å². The van der Waals surface area contributed by atoms with Crippen molar-refractivity contribution in [3.05, 3.63) is 125 Å². The molecule has 6 rings (SSSR count). The average molecular weight is 581 g/mol. The van der Waals surface area contributed by atoms with Gasteiger partial charge < -0.3 is 14.6 Å². The Labute approximate surface area is 245 Å². The minimum Gasteiger partial charge on any atom is -0.507 e. The molecule has 42 heavy (non-hydrogen) atoms. The van der Waals surface area contributed by atoms with Crippen molar-refractivity contribution in [2.24, 2.45) is 0 Å². The molecule has 0 bridgehead atoms. The van der Waals surface area contributed by atoms with Gasteiger partial charge in [0.05, 0.1) is 28.4 Å². The number of carbonyl (C=O) groups is 2.